The largest absolute Gasteiger partial charge is 0.548 e. The molecular formula is C5H12OSSi. The first-order valence-corrected chi connectivity index (χ1v) is 3.79. The molecule has 8 heavy (non-hydrogen) atoms. The van der Waals surface area contributed by atoms with Crippen molar-refractivity contribution in [1.29, 1.82) is 0 Å². The van der Waals surface area contributed by atoms with Crippen LogP contribution in [0.4, 0.5) is 0 Å². The van der Waals surface area contributed by atoms with Gasteiger partial charge in [-0.3, -0.25) is 0 Å². The maximum Gasteiger partial charge on any atom is 0.204 e. The highest BCUT2D eigenvalue weighted by Gasteiger charge is 2.15. The Morgan fingerprint density at radius 2 is 1.88 bits per heavy atom. The van der Waals surface area contributed by atoms with Crippen molar-refractivity contribution in [3.05, 3.63) is 0 Å². The van der Waals surface area contributed by atoms with Gasteiger partial charge in [-0.2, -0.15) is 0 Å². The predicted molar refractivity (Wildman–Crippen MR) is 43.1 cm³/mol. The second kappa shape index (κ2) is 2.59. The summed E-state index contributed by atoms with van der Waals surface area (Å²) >= 11 is 4.91. The van der Waals surface area contributed by atoms with E-state index in [0.29, 0.717) is 10.5 Å². The van der Waals surface area contributed by atoms with Crippen molar-refractivity contribution >= 4 is 27.8 Å². The average molecular weight is 148 g/mol. The fraction of sp³-hybridized carbons (Fsp3) is 0.800. The van der Waals surface area contributed by atoms with E-state index in [2.05, 4.69) is 0 Å². The van der Waals surface area contributed by atoms with Crippen LogP contribution in [0.3, 0.4) is 0 Å². The number of thiocarbonyl (C=S) groups is 1. The van der Waals surface area contributed by atoms with Gasteiger partial charge in [-0.05, 0) is 12.2 Å². The van der Waals surface area contributed by atoms with Gasteiger partial charge in [0.05, 0.1) is 0 Å². The topological polar surface area (TPSA) is 9.23 Å². The molecule has 0 bridgehead atoms. The molecule has 48 valence electrons. The van der Waals surface area contributed by atoms with Gasteiger partial charge >= 0.3 is 0 Å². The summed E-state index contributed by atoms with van der Waals surface area (Å²) in [6.45, 7) is 6.15. The van der Waals surface area contributed by atoms with Crippen molar-refractivity contribution in [3.8, 4) is 0 Å². The van der Waals surface area contributed by atoms with Crippen molar-refractivity contribution in [1.82, 2.24) is 0 Å². The van der Waals surface area contributed by atoms with Gasteiger partial charge in [-0.15, -0.1) is 0 Å². The van der Waals surface area contributed by atoms with Gasteiger partial charge in [0.15, 0.2) is 0 Å². The summed E-state index contributed by atoms with van der Waals surface area (Å²) in [5, 5.41) is 0.726. The van der Waals surface area contributed by atoms with E-state index in [1.54, 1.807) is 0 Å². The lowest BCUT2D eigenvalue weighted by Gasteiger charge is -2.17. The van der Waals surface area contributed by atoms with Crippen LogP contribution in [0.5, 0.6) is 0 Å². The zero-order valence-electron chi connectivity index (χ0n) is 5.82. The summed E-state index contributed by atoms with van der Waals surface area (Å²) in [6, 6.07) is 0. The third-order valence-electron chi connectivity index (χ3n) is 0.798. The molecule has 0 fully saturated rings. The van der Waals surface area contributed by atoms with Gasteiger partial charge < -0.3 is 4.43 Å². The molecule has 0 aromatic carbocycles. The summed E-state index contributed by atoms with van der Waals surface area (Å²) in [6.07, 6.45) is 0. The van der Waals surface area contributed by atoms with Gasteiger partial charge in [-0.1, -0.05) is 20.8 Å². The molecule has 0 aliphatic carbocycles. The number of hydrogen-bond donors (Lipinski definition) is 0. The van der Waals surface area contributed by atoms with Crippen molar-refractivity contribution in [3.63, 3.8) is 0 Å². The van der Waals surface area contributed by atoms with Gasteiger partial charge in [0.1, 0.15) is 5.05 Å². The SMILES string of the molecule is CC(C)(C)C(=S)O[SiH3]. The summed E-state index contributed by atoms with van der Waals surface area (Å²) < 4.78 is 4.98. The average Bonchev–Trinajstić information content (AvgIpc) is 1.62. The Bertz CT molecular complexity index is 95.1. The summed E-state index contributed by atoms with van der Waals surface area (Å²) in [5.41, 5.74) is 0.0527. The molecule has 0 amide bonds. The molecule has 0 radical (unpaired) electrons. The van der Waals surface area contributed by atoms with E-state index in [-0.39, 0.29) is 5.41 Å². The van der Waals surface area contributed by atoms with Crippen molar-refractivity contribution in [2.45, 2.75) is 20.8 Å². The first-order valence-electron chi connectivity index (χ1n) is 2.57. The molecule has 0 saturated carbocycles. The molecule has 0 aliphatic rings. The molecule has 0 spiro atoms. The van der Waals surface area contributed by atoms with Gasteiger partial charge in [0, 0.05) is 5.41 Å². The lowest BCUT2D eigenvalue weighted by atomic mass is 9.99. The van der Waals surface area contributed by atoms with Gasteiger partial charge in [-0.25, -0.2) is 0 Å². The molecule has 0 aromatic heterocycles. The molecule has 3 heteroatoms. The normalized spacial score (nSPS) is 11.4. The second-order valence-electron chi connectivity index (χ2n) is 2.74. The van der Waals surface area contributed by atoms with Crippen LogP contribution in [0.2, 0.25) is 0 Å². The minimum absolute atomic E-state index is 0.0527. The lowest BCUT2D eigenvalue weighted by molar-refractivity contribution is 0.475. The van der Waals surface area contributed by atoms with Crippen LogP contribution < -0.4 is 0 Å². The van der Waals surface area contributed by atoms with E-state index in [1.807, 2.05) is 20.8 Å². The van der Waals surface area contributed by atoms with E-state index < -0.39 is 0 Å². The molecule has 0 N–H and O–H groups in total. The lowest BCUT2D eigenvalue weighted by Crippen LogP contribution is -2.19. The van der Waals surface area contributed by atoms with E-state index >= 15 is 0 Å². The van der Waals surface area contributed by atoms with Crippen LogP contribution in [-0.2, 0) is 4.43 Å². The molecule has 0 aromatic rings. The Morgan fingerprint density at radius 1 is 1.50 bits per heavy atom. The minimum atomic E-state index is 0.0527. The van der Waals surface area contributed by atoms with Crippen LogP contribution in [0.25, 0.3) is 0 Å². The fourth-order valence-corrected chi connectivity index (χ4v) is 0.919. The Hall–Kier alpha value is 0.107. The third-order valence-corrected chi connectivity index (χ3v) is 2.28. The Morgan fingerprint density at radius 3 is 1.88 bits per heavy atom. The quantitative estimate of drug-likeness (QED) is 0.369. The zero-order valence-corrected chi connectivity index (χ0v) is 8.63. The molecule has 0 atom stereocenters. The minimum Gasteiger partial charge on any atom is -0.548 e. The zero-order chi connectivity index (χ0) is 6.78. The maximum atomic E-state index is 4.98. The fourth-order valence-electron chi connectivity index (χ4n) is 0.306. The Kier molecular flexibility index (Phi) is 2.63. The van der Waals surface area contributed by atoms with Crippen LogP contribution >= 0.6 is 12.2 Å². The summed E-state index contributed by atoms with van der Waals surface area (Å²) in [5.74, 6) is 0. The molecule has 0 heterocycles. The number of rotatable bonds is 0. The van der Waals surface area contributed by atoms with Crippen LogP contribution in [0.1, 0.15) is 20.8 Å². The first-order chi connectivity index (χ1) is 3.48. The van der Waals surface area contributed by atoms with Crippen LogP contribution in [0.15, 0.2) is 0 Å². The highest BCUT2D eigenvalue weighted by Crippen LogP contribution is 2.15. The van der Waals surface area contributed by atoms with Gasteiger partial charge in [0.2, 0.25) is 10.5 Å². The Balaban J connectivity index is 3.82. The van der Waals surface area contributed by atoms with E-state index in [1.165, 1.54) is 0 Å². The van der Waals surface area contributed by atoms with Crippen molar-refractivity contribution in [2.75, 3.05) is 0 Å². The van der Waals surface area contributed by atoms with Crippen molar-refractivity contribution in [2.24, 2.45) is 5.41 Å². The van der Waals surface area contributed by atoms with Crippen molar-refractivity contribution < 1.29 is 4.43 Å². The number of hydrogen-bond acceptors (Lipinski definition) is 2. The smallest absolute Gasteiger partial charge is 0.204 e. The Labute approximate surface area is 59.0 Å². The molecular weight excluding hydrogens is 136 g/mol. The summed E-state index contributed by atoms with van der Waals surface area (Å²) in [7, 11) is 0.712. The van der Waals surface area contributed by atoms with E-state index in [4.69, 9.17) is 16.6 Å². The molecule has 0 saturated heterocycles. The summed E-state index contributed by atoms with van der Waals surface area (Å²) in [4.78, 5) is 0. The molecule has 0 aliphatic heterocycles. The molecule has 0 rings (SSSR count). The third kappa shape index (κ3) is 2.42. The van der Waals surface area contributed by atoms with E-state index in [9.17, 15) is 0 Å². The monoisotopic (exact) mass is 148 g/mol. The molecule has 0 unspecified atom stereocenters. The highest BCUT2D eigenvalue weighted by molar-refractivity contribution is 7.80. The first kappa shape index (κ1) is 8.11. The standard InChI is InChI=1S/C5H12OSSi/c1-5(2,3)4(7)6-8/h1-3,8H3. The van der Waals surface area contributed by atoms with Crippen LogP contribution in [-0.4, -0.2) is 15.5 Å². The maximum absolute atomic E-state index is 4.98. The van der Waals surface area contributed by atoms with Gasteiger partial charge in [0.25, 0.3) is 0 Å². The second-order valence-corrected chi connectivity index (χ2v) is 3.52. The molecule has 1 nitrogen and oxygen atoms in total. The van der Waals surface area contributed by atoms with E-state index in [0.717, 1.165) is 5.05 Å². The highest BCUT2D eigenvalue weighted by atomic mass is 32.1. The predicted octanol–water partition coefficient (Wildman–Crippen LogP) is 0.657. The van der Waals surface area contributed by atoms with Crippen LogP contribution in [0, 0.1) is 5.41 Å².